The molecule has 2 aliphatic rings. The van der Waals surface area contributed by atoms with E-state index in [9.17, 15) is 0 Å². The lowest BCUT2D eigenvalue weighted by Gasteiger charge is -2.30. The summed E-state index contributed by atoms with van der Waals surface area (Å²) in [5.74, 6) is 0. The van der Waals surface area contributed by atoms with Gasteiger partial charge >= 0.3 is 0 Å². The zero-order chi connectivity index (χ0) is 29.3. The molecule has 0 saturated carbocycles. The van der Waals surface area contributed by atoms with Crippen molar-refractivity contribution in [1.82, 2.24) is 0 Å². The third kappa shape index (κ3) is 3.85. The highest BCUT2D eigenvalue weighted by molar-refractivity contribution is 5.89. The van der Waals surface area contributed by atoms with E-state index in [1.54, 1.807) is 0 Å². The maximum Gasteiger partial charge on any atom is 0.0467 e. The van der Waals surface area contributed by atoms with Gasteiger partial charge in [-0.05, 0) is 92.0 Å². The largest absolute Gasteiger partial charge is 0.310 e. The van der Waals surface area contributed by atoms with Gasteiger partial charge in [-0.15, -0.1) is 0 Å². The van der Waals surface area contributed by atoms with E-state index in [2.05, 4.69) is 172 Å². The molecule has 0 fully saturated rings. The minimum atomic E-state index is -0.0684. The molecule has 0 saturated heterocycles. The molecule has 0 aromatic heterocycles. The van der Waals surface area contributed by atoms with Crippen LogP contribution in [-0.2, 0) is 10.8 Å². The zero-order valence-electron chi connectivity index (χ0n) is 25.2. The van der Waals surface area contributed by atoms with Crippen LogP contribution in [0.3, 0.4) is 0 Å². The lowest BCUT2D eigenvalue weighted by Crippen LogP contribution is -2.18. The van der Waals surface area contributed by atoms with Crippen molar-refractivity contribution in [3.05, 3.63) is 162 Å². The van der Waals surface area contributed by atoms with Gasteiger partial charge in [-0.25, -0.2) is 0 Å². The number of hydrogen-bond donors (Lipinski definition) is 0. The van der Waals surface area contributed by atoms with Gasteiger partial charge in [-0.1, -0.05) is 131 Å². The van der Waals surface area contributed by atoms with Crippen LogP contribution in [0.2, 0.25) is 0 Å². The Balaban J connectivity index is 1.33. The molecule has 0 bridgehead atoms. The van der Waals surface area contributed by atoms with Gasteiger partial charge in [0, 0.05) is 27.9 Å². The normalized spacial score (nSPS) is 14.9. The molecule has 1 heteroatoms. The van der Waals surface area contributed by atoms with E-state index in [4.69, 9.17) is 0 Å². The summed E-state index contributed by atoms with van der Waals surface area (Å²) < 4.78 is 0. The molecule has 43 heavy (non-hydrogen) atoms. The molecule has 208 valence electrons. The maximum atomic E-state index is 2.45. The van der Waals surface area contributed by atoms with Crippen molar-refractivity contribution in [2.24, 2.45) is 0 Å². The van der Waals surface area contributed by atoms with E-state index in [0.717, 1.165) is 5.69 Å². The summed E-state index contributed by atoms with van der Waals surface area (Å²) in [5.41, 5.74) is 16.8. The van der Waals surface area contributed by atoms with E-state index in [1.165, 1.54) is 67.0 Å². The molecular weight excluding hydrogens is 518 g/mol. The van der Waals surface area contributed by atoms with Gasteiger partial charge in [0.2, 0.25) is 0 Å². The molecule has 8 rings (SSSR count). The van der Waals surface area contributed by atoms with Gasteiger partial charge in [0.25, 0.3) is 0 Å². The van der Waals surface area contributed by atoms with Crippen LogP contribution >= 0.6 is 0 Å². The fraction of sp³-hybridized carbons (Fsp3) is 0.143. The summed E-state index contributed by atoms with van der Waals surface area (Å²) in [6.45, 7) is 9.43. The molecule has 0 aliphatic heterocycles. The van der Waals surface area contributed by atoms with Gasteiger partial charge in [0.05, 0.1) is 0 Å². The Labute approximate surface area is 255 Å². The average Bonchev–Trinajstić information content (AvgIpc) is 3.41. The number of anilines is 3. The minimum Gasteiger partial charge on any atom is -0.310 e. The minimum absolute atomic E-state index is 0.0684. The van der Waals surface area contributed by atoms with Gasteiger partial charge in [0.1, 0.15) is 0 Å². The topological polar surface area (TPSA) is 3.24 Å². The number of nitrogens with zero attached hydrogens (tertiary/aromatic N) is 1. The predicted octanol–water partition coefficient (Wildman–Crippen LogP) is 11.4. The highest BCUT2D eigenvalue weighted by Gasteiger charge is 2.37. The van der Waals surface area contributed by atoms with Crippen molar-refractivity contribution in [2.45, 2.75) is 38.5 Å². The standard InChI is InChI=1S/C42H35N/c1-41(2)37-19-10-8-17-33(37)35-23-21-31(26-39(35)41)43(30-16-12-15-29(25-30)28-13-6-5-7-14-28)32-22-24-36-34-18-9-11-20-38(34)42(3,4)40(36)27-32/h5-27H,1-4H3. The van der Waals surface area contributed by atoms with Crippen LogP contribution in [0, 0.1) is 0 Å². The lowest BCUT2D eigenvalue weighted by molar-refractivity contribution is 0.660. The molecular formula is C42H35N. The maximum absolute atomic E-state index is 2.45. The second kappa shape index (κ2) is 9.31. The molecule has 0 heterocycles. The van der Waals surface area contributed by atoms with E-state index in [-0.39, 0.29) is 10.8 Å². The SMILES string of the molecule is CC1(C)c2ccccc2-c2ccc(N(c3cccc(-c4ccccc4)c3)c3ccc4c(c3)C(C)(C)c3ccccc3-4)cc21. The number of fused-ring (bicyclic) bond motifs is 6. The quantitative estimate of drug-likeness (QED) is 0.210. The first-order valence-electron chi connectivity index (χ1n) is 15.3. The molecule has 1 nitrogen and oxygen atoms in total. The number of benzene rings is 6. The monoisotopic (exact) mass is 553 g/mol. The highest BCUT2D eigenvalue weighted by atomic mass is 15.1. The van der Waals surface area contributed by atoms with Crippen molar-refractivity contribution >= 4 is 17.1 Å². The van der Waals surface area contributed by atoms with Gasteiger partial charge < -0.3 is 4.90 Å². The molecule has 2 aliphatic carbocycles. The van der Waals surface area contributed by atoms with Gasteiger partial charge in [0.15, 0.2) is 0 Å². The van der Waals surface area contributed by atoms with E-state index in [0.29, 0.717) is 0 Å². The first-order chi connectivity index (χ1) is 20.8. The summed E-state index contributed by atoms with van der Waals surface area (Å²) in [5, 5.41) is 0. The Kier molecular flexibility index (Phi) is 5.59. The van der Waals surface area contributed by atoms with E-state index < -0.39 is 0 Å². The first kappa shape index (κ1) is 25.8. The Morgan fingerprint density at radius 2 is 0.791 bits per heavy atom. The lowest BCUT2D eigenvalue weighted by atomic mass is 9.82. The zero-order valence-corrected chi connectivity index (χ0v) is 25.2. The molecule has 0 unspecified atom stereocenters. The summed E-state index contributed by atoms with van der Waals surface area (Å²) in [6.07, 6.45) is 0. The Morgan fingerprint density at radius 1 is 0.349 bits per heavy atom. The fourth-order valence-electron chi connectivity index (χ4n) is 7.57. The number of rotatable bonds is 4. The number of hydrogen-bond acceptors (Lipinski definition) is 1. The molecule has 0 atom stereocenters. The van der Waals surface area contributed by atoms with Crippen molar-refractivity contribution in [3.8, 4) is 33.4 Å². The molecule has 6 aromatic rings. The second-order valence-corrected chi connectivity index (χ2v) is 13.1. The van der Waals surface area contributed by atoms with Crippen LogP contribution < -0.4 is 4.90 Å². The summed E-state index contributed by atoms with van der Waals surface area (Å²) in [7, 11) is 0. The van der Waals surface area contributed by atoms with Crippen molar-refractivity contribution in [2.75, 3.05) is 4.90 Å². The van der Waals surface area contributed by atoms with E-state index in [1.807, 2.05) is 0 Å². The summed E-state index contributed by atoms with van der Waals surface area (Å²) in [6, 6.07) is 51.5. The highest BCUT2D eigenvalue weighted by Crippen LogP contribution is 2.53. The van der Waals surface area contributed by atoms with Crippen molar-refractivity contribution in [3.63, 3.8) is 0 Å². The third-order valence-electron chi connectivity index (χ3n) is 9.86. The van der Waals surface area contributed by atoms with Crippen LogP contribution in [-0.4, -0.2) is 0 Å². The Hall–Kier alpha value is -4.88. The molecule has 0 N–H and O–H groups in total. The fourth-order valence-corrected chi connectivity index (χ4v) is 7.57. The van der Waals surface area contributed by atoms with Crippen LogP contribution in [0.5, 0.6) is 0 Å². The van der Waals surface area contributed by atoms with Gasteiger partial charge in [-0.2, -0.15) is 0 Å². The van der Waals surface area contributed by atoms with Crippen LogP contribution in [0.4, 0.5) is 17.1 Å². The first-order valence-corrected chi connectivity index (χ1v) is 15.3. The molecule has 0 amide bonds. The summed E-state index contributed by atoms with van der Waals surface area (Å²) in [4.78, 5) is 2.45. The van der Waals surface area contributed by atoms with E-state index >= 15 is 0 Å². The molecule has 6 aromatic carbocycles. The average molecular weight is 554 g/mol. The van der Waals surface area contributed by atoms with Gasteiger partial charge in [-0.3, -0.25) is 0 Å². The summed E-state index contributed by atoms with van der Waals surface area (Å²) >= 11 is 0. The Morgan fingerprint density at radius 3 is 1.35 bits per heavy atom. The van der Waals surface area contributed by atoms with Crippen LogP contribution in [0.25, 0.3) is 33.4 Å². The molecule has 0 spiro atoms. The second-order valence-electron chi connectivity index (χ2n) is 13.1. The predicted molar refractivity (Wildman–Crippen MR) is 182 cm³/mol. The van der Waals surface area contributed by atoms with Crippen LogP contribution in [0.15, 0.2) is 140 Å². The van der Waals surface area contributed by atoms with Crippen LogP contribution in [0.1, 0.15) is 49.9 Å². The van der Waals surface area contributed by atoms with Crippen molar-refractivity contribution < 1.29 is 0 Å². The smallest absolute Gasteiger partial charge is 0.0467 e. The third-order valence-corrected chi connectivity index (χ3v) is 9.86. The molecule has 0 radical (unpaired) electrons. The Bertz CT molecular complexity index is 1920. The van der Waals surface area contributed by atoms with Crippen molar-refractivity contribution in [1.29, 1.82) is 0 Å².